The summed E-state index contributed by atoms with van der Waals surface area (Å²) in [7, 11) is 0. The number of rotatable bonds is 4. The minimum atomic E-state index is -0.577. The van der Waals surface area contributed by atoms with Crippen molar-refractivity contribution in [3.8, 4) is 0 Å². The summed E-state index contributed by atoms with van der Waals surface area (Å²) in [5.41, 5.74) is 14.8. The Hall–Kier alpha value is -2.49. The van der Waals surface area contributed by atoms with Gasteiger partial charge in [0.15, 0.2) is 6.17 Å². The van der Waals surface area contributed by atoms with Gasteiger partial charge in [-0.3, -0.25) is 0 Å². The molecule has 0 heterocycles. The summed E-state index contributed by atoms with van der Waals surface area (Å²) >= 11 is 0. The van der Waals surface area contributed by atoms with Gasteiger partial charge in [0.1, 0.15) is 5.84 Å². The lowest BCUT2D eigenvalue weighted by Gasteiger charge is -2.07. The predicted molar refractivity (Wildman–Crippen MR) is 71.5 cm³/mol. The van der Waals surface area contributed by atoms with Gasteiger partial charge in [0.25, 0.3) is 0 Å². The Balaban J connectivity index is 2.28. The van der Waals surface area contributed by atoms with Crippen LogP contribution < -0.4 is 5.73 Å². The van der Waals surface area contributed by atoms with Crippen LogP contribution in [0.15, 0.2) is 70.8 Å². The molecule has 0 aliphatic carbocycles. The highest BCUT2D eigenvalue weighted by atomic mass is 15.1. The van der Waals surface area contributed by atoms with E-state index in [0.717, 1.165) is 11.1 Å². The zero-order valence-corrected chi connectivity index (χ0v) is 9.82. The highest BCUT2D eigenvalue weighted by molar-refractivity contribution is 5.97. The van der Waals surface area contributed by atoms with Crippen molar-refractivity contribution in [1.82, 2.24) is 0 Å². The van der Waals surface area contributed by atoms with Gasteiger partial charge in [0, 0.05) is 11.1 Å². The lowest BCUT2D eigenvalue weighted by Crippen LogP contribution is -2.14. The van der Waals surface area contributed by atoms with Crippen LogP contribution in [0.4, 0.5) is 0 Å². The van der Waals surface area contributed by atoms with E-state index in [2.05, 4.69) is 10.1 Å². The molecule has 2 aromatic carbocycles. The van der Waals surface area contributed by atoms with E-state index in [0.29, 0.717) is 5.84 Å². The van der Waals surface area contributed by atoms with E-state index in [1.54, 1.807) is 0 Å². The van der Waals surface area contributed by atoms with Crippen molar-refractivity contribution in [1.29, 1.82) is 5.53 Å². The second-order valence-corrected chi connectivity index (χ2v) is 3.79. The quantitative estimate of drug-likeness (QED) is 0.479. The number of benzene rings is 2. The van der Waals surface area contributed by atoms with Crippen LogP contribution in [0.25, 0.3) is 0 Å². The first-order chi connectivity index (χ1) is 8.81. The first-order valence-electron chi connectivity index (χ1n) is 5.61. The zero-order chi connectivity index (χ0) is 12.8. The molecule has 4 heteroatoms. The minimum absolute atomic E-state index is 0.389. The standard InChI is InChI=1S/C14H14N4/c15-13(11-7-3-1-4-8-11)17-14(18-16)12-9-5-2-6-10-12/h1-10,14,16H,(H2,15,17). The van der Waals surface area contributed by atoms with Crippen molar-refractivity contribution in [2.24, 2.45) is 15.8 Å². The zero-order valence-electron chi connectivity index (χ0n) is 9.82. The van der Waals surface area contributed by atoms with Gasteiger partial charge >= 0.3 is 0 Å². The number of nitrogens with two attached hydrogens (primary N) is 1. The van der Waals surface area contributed by atoms with Gasteiger partial charge in [-0.1, -0.05) is 60.7 Å². The van der Waals surface area contributed by atoms with Crippen LogP contribution in [-0.2, 0) is 0 Å². The summed E-state index contributed by atoms with van der Waals surface area (Å²) < 4.78 is 0. The summed E-state index contributed by atoms with van der Waals surface area (Å²) in [5.74, 6) is 0.389. The molecule has 2 rings (SSSR count). The van der Waals surface area contributed by atoms with Crippen LogP contribution in [0.5, 0.6) is 0 Å². The molecular formula is C14H14N4. The third-order valence-electron chi connectivity index (χ3n) is 2.55. The van der Waals surface area contributed by atoms with Gasteiger partial charge in [-0.2, -0.15) is 5.11 Å². The monoisotopic (exact) mass is 238 g/mol. The number of hydrogen-bond acceptors (Lipinski definition) is 3. The molecule has 4 nitrogen and oxygen atoms in total. The first-order valence-corrected chi connectivity index (χ1v) is 5.61. The molecule has 0 radical (unpaired) electrons. The predicted octanol–water partition coefficient (Wildman–Crippen LogP) is 3.12. The van der Waals surface area contributed by atoms with Gasteiger partial charge in [0.05, 0.1) is 0 Å². The molecule has 90 valence electrons. The number of nitrogens with zero attached hydrogens (tertiary/aromatic N) is 2. The van der Waals surface area contributed by atoms with E-state index < -0.39 is 6.17 Å². The van der Waals surface area contributed by atoms with E-state index in [1.807, 2.05) is 60.7 Å². The lowest BCUT2D eigenvalue weighted by molar-refractivity contribution is 0.702. The van der Waals surface area contributed by atoms with Gasteiger partial charge in [-0.25, -0.2) is 10.5 Å². The summed E-state index contributed by atoms with van der Waals surface area (Å²) in [6.07, 6.45) is -0.577. The van der Waals surface area contributed by atoms with Gasteiger partial charge in [-0.15, -0.1) is 0 Å². The first kappa shape index (κ1) is 12.0. The molecule has 0 bridgehead atoms. The molecule has 0 aromatic heterocycles. The molecule has 18 heavy (non-hydrogen) atoms. The molecular weight excluding hydrogens is 224 g/mol. The number of nitrogens with one attached hydrogen (secondary N) is 1. The van der Waals surface area contributed by atoms with E-state index in [-0.39, 0.29) is 0 Å². The molecule has 2 aromatic rings. The van der Waals surface area contributed by atoms with Gasteiger partial charge in [0.2, 0.25) is 0 Å². The number of amidine groups is 1. The highest BCUT2D eigenvalue weighted by Crippen LogP contribution is 2.18. The summed E-state index contributed by atoms with van der Waals surface area (Å²) in [4.78, 5) is 4.28. The minimum Gasteiger partial charge on any atom is -0.383 e. The SMILES string of the molecule is N=NC(N=C(N)c1ccccc1)c1ccccc1. The maximum atomic E-state index is 7.22. The van der Waals surface area contributed by atoms with Crippen LogP contribution in [0.1, 0.15) is 17.3 Å². The highest BCUT2D eigenvalue weighted by Gasteiger charge is 2.08. The maximum Gasteiger partial charge on any atom is 0.187 e. The van der Waals surface area contributed by atoms with Crippen LogP contribution in [-0.4, -0.2) is 5.84 Å². The summed E-state index contributed by atoms with van der Waals surface area (Å²) in [6.45, 7) is 0. The van der Waals surface area contributed by atoms with Crippen LogP contribution >= 0.6 is 0 Å². The largest absolute Gasteiger partial charge is 0.383 e. The molecule has 0 aliphatic rings. The van der Waals surface area contributed by atoms with Gasteiger partial charge < -0.3 is 5.73 Å². The maximum absolute atomic E-state index is 7.22. The summed E-state index contributed by atoms with van der Waals surface area (Å²) in [5, 5.41) is 3.51. The third kappa shape index (κ3) is 2.79. The van der Waals surface area contributed by atoms with Crippen molar-refractivity contribution in [2.75, 3.05) is 0 Å². The van der Waals surface area contributed by atoms with E-state index >= 15 is 0 Å². The summed E-state index contributed by atoms with van der Waals surface area (Å²) in [6, 6.07) is 18.9. The Morgan fingerprint density at radius 1 is 0.944 bits per heavy atom. The fourth-order valence-electron chi connectivity index (χ4n) is 1.62. The molecule has 1 atom stereocenters. The van der Waals surface area contributed by atoms with Crippen molar-refractivity contribution in [3.05, 3.63) is 71.8 Å². The van der Waals surface area contributed by atoms with Crippen molar-refractivity contribution in [3.63, 3.8) is 0 Å². The fraction of sp³-hybridized carbons (Fsp3) is 0.0714. The Kier molecular flexibility index (Phi) is 3.81. The van der Waals surface area contributed by atoms with Crippen molar-refractivity contribution >= 4 is 5.84 Å². The van der Waals surface area contributed by atoms with Gasteiger partial charge in [-0.05, 0) is 0 Å². The van der Waals surface area contributed by atoms with Crippen LogP contribution in [0.3, 0.4) is 0 Å². The van der Waals surface area contributed by atoms with Crippen LogP contribution in [0, 0.1) is 5.53 Å². The Labute approximate surface area is 106 Å². The van der Waals surface area contributed by atoms with E-state index in [4.69, 9.17) is 11.3 Å². The van der Waals surface area contributed by atoms with Crippen LogP contribution in [0.2, 0.25) is 0 Å². The average molecular weight is 238 g/mol. The van der Waals surface area contributed by atoms with Crippen molar-refractivity contribution in [2.45, 2.75) is 6.17 Å². The topological polar surface area (TPSA) is 74.6 Å². The second kappa shape index (κ2) is 5.72. The molecule has 3 N–H and O–H groups in total. The normalized spacial score (nSPS) is 13.0. The molecule has 0 aliphatic heterocycles. The third-order valence-corrected chi connectivity index (χ3v) is 2.55. The molecule has 0 saturated heterocycles. The average Bonchev–Trinajstić information content (AvgIpc) is 2.46. The van der Waals surface area contributed by atoms with E-state index in [1.165, 1.54) is 0 Å². The molecule has 0 spiro atoms. The molecule has 0 saturated carbocycles. The Bertz CT molecular complexity index is 534. The smallest absolute Gasteiger partial charge is 0.187 e. The fourth-order valence-corrected chi connectivity index (χ4v) is 1.62. The number of hydrogen-bond donors (Lipinski definition) is 2. The second-order valence-electron chi connectivity index (χ2n) is 3.79. The van der Waals surface area contributed by atoms with Crippen molar-refractivity contribution < 1.29 is 0 Å². The number of aliphatic imine (C=N–C) groups is 1. The Morgan fingerprint density at radius 3 is 2.06 bits per heavy atom. The molecule has 0 amide bonds. The molecule has 1 unspecified atom stereocenters. The molecule has 0 fully saturated rings. The Morgan fingerprint density at radius 2 is 1.50 bits per heavy atom. The van der Waals surface area contributed by atoms with E-state index in [9.17, 15) is 0 Å². The lowest BCUT2D eigenvalue weighted by atomic mass is 10.1.